The number of halogens is 1. The minimum Gasteiger partial charge on any atom is -0.523 e. The SMILES string of the molecule is COc1[c-]c(F)ccc1.[Y]. The Bertz CT molecular complexity index is 203. The summed E-state index contributed by atoms with van der Waals surface area (Å²) in [6, 6.07) is 6.91. The van der Waals surface area contributed by atoms with Gasteiger partial charge in [0, 0.05) is 44.3 Å². The quantitative estimate of drug-likeness (QED) is 0.645. The molecule has 0 aromatic heterocycles. The summed E-state index contributed by atoms with van der Waals surface area (Å²) in [5, 5.41) is 0. The van der Waals surface area contributed by atoms with E-state index in [-0.39, 0.29) is 32.7 Å². The molecule has 0 N–H and O–H groups in total. The molecule has 1 aromatic carbocycles. The van der Waals surface area contributed by atoms with Crippen LogP contribution in [0.2, 0.25) is 0 Å². The summed E-state index contributed by atoms with van der Waals surface area (Å²) in [5.74, 6) is 0.0318. The van der Waals surface area contributed by atoms with Crippen molar-refractivity contribution < 1.29 is 41.8 Å². The first-order valence-electron chi connectivity index (χ1n) is 2.55. The van der Waals surface area contributed by atoms with Crippen molar-refractivity contribution in [3.05, 3.63) is 30.1 Å². The maximum Gasteiger partial charge on any atom is 0.0743 e. The first kappa shape index (κ1) is 10.1. The molecule has 0 aliphatic rings. The van der Waals surface area contributed by atoms with Crippen molar-refractivity contribution in [1.29, 1.82) is 0 Å². The van der Waals surface area contributed by atoms with E-state index >= 15 is 0 Å². The zero-order chi connectivity index (χ0) is 6.69. The molecule has 0 bridgehead atoms. The van der Waals surface area contributed by atoms with Crippen molar-refractivity contribution in [3.63, 3.8) is 0 Å². The number of ether oxygens (including phenoxy) is 1. The zero-order valence-electron chi connectivity index (χ0n) is 5.60. The van der Waals surface area contributed by atoms with Crippen LogP contribution in [-0.4, -0.2) is 7.11 Å². The fraction of sp³-hybridized carbons (Fsp3) is 0.143. The average molecular weight is 214 g/mol. The molecule has 3 heteroatoms. The third-order valence-corrected chi connectivity index (χ3v) is 0.953. The molecule has 51 valence electrons. The molecule has 10 heavy (non-hydrogen) atoms. The van der Waals surface area contributed by atoms with Gasteiger partial charge in [-0.1, -0.05) is 0 Å². The first-order chi connectivity index (χ1) is 4.33. The van der Waals surface area contributed by atoms with E-state index in [1.807, 2.05) is 0 Å². The second kappa shape index (κ2) is 4.81. The van der Waals surface area contributed by atoms with Gasteiger partial charge in [0.25, 0.3) is 0 Å². The van der Waals surface area contributed by atoms with Crippen molar-refractivity contribution in [1.82, 2.24) is 0 Å². The van der Waals surface area contributed by atoms with Gasteiger partial charge in [-0.2, -0.15) is 6.07 Å². The van der Waals surface area contributed by atoms with E-state index in [1.165, 1.54) is 13.2 Å². The van der Waals surface area contributed by atoms with Gasteiger partial charge in [-0.05, 0) is 0 Å². The van der Waals surface area contributed by atoms with E-state index in [9.17, 15) is 4.39 Å². The number of methoxy groups -OCH3 is 1. The number of hydrogen-bond donors (Lipinski definition) is 0. The Balaban J connectivity index is 0.000000810. The van der Waals surface area contributed by atoms with E-state index in [1.54, 1.807) is 12.1 Å². The third kappa shape index (κ3) is 2.76. The zero-order valence-corrected chi connectivity index (χ0v) is 8.43. The Morgan fingerprint density at radius 2 is 2.20 bits per heavy atom. The van der Waals surface area contributed by atoms with Gasteiger partial charge in [0.1, 0.15) is 0 Å². The Morgan fingerprint density at radius 3 is 2.60 bits per heavy atom. The molecule has 1 radical (unpaired) electrons. The minimum atomic E-state index is -0.394. The first-order valence-corrected chi connectivity index (χ1v) is 2.55. The normalized spacial score (nSPS) is 8.20. The van der Waals surface area contributed by atoms with Crippen LogP contribution in [0.3, 0.4) is 0 Å². The van der Waals surface area contributed by atoms with Crippen molar-refractivity contribution in [3.8, 4) is 5.75 Å². The monoisotopic (exact) mass is 214 g/mol. The fourth-order valence-electron chi connectivity index (χ4n) is 0.540. The molecule has 0 heterocycles. The van der Waals surface area contributed by atoms with E-state index in [0.29, 0.717) is 5.75 Å². The third-order valence-electron chi connectivity index (χ3n) is 0.953. The standard InChI is InChI=1S/C7H6FO.Y/c1-9-7-4-2-3-6(8)5-7;/h2-4H,1H3;/q-1;. The molecule has 0 amide bonds. The molecule has 0 atom stereocenters. The fourth-order valence-corrected chi connectivity index (χ4v) is 0.540. The second-order valence-corrected chi connectivity index (χ2v) is 1.57. The van der Waals surface area contributed by atoms with Crippen LogP contribution in [0.15, 0.2) is 18.2 Å². The van der Waals surface area contributed by atoms with Gasteiger partial charge in [0.05, 0.1) is 7.11 Å². The summed E-state index contributed by atoms with van der Waals surface area (Å²) in [6.45, 7) is 0. The van der Waals surface area contributed by atoms with Crippen LogP contribution in [0.1, 0.15) is 0 Å². The summed E-state index contributed by atoms with van der Waals surface area (Å²) in [4.78, 5) is 0. The van der Waals surface area contributed by atoms with Gasteiger partial charge in [-0.15, -0.1) is 18.2 Å². The molecule has 0 saturated heterocycles. The predicted molar refractivity (Wildman–Crippen MR) is 31.8 cm³/mol. The van der Waals surface area contributed by atoms with Crippen molar-refractivity contribution in [2.24, 2.45) is 0 Å². The molecule has 1 aromatic rings. The molecule has 0 fully saturated rings. The van der Waals surface area contributed by atoms with Gasteiger partial charge in [-0.25, -0.2) is 4.39 Å². The summed E-state index contributed by atoms with van der Waals surface area (Å²) in [5.41, 5.74) is 0. The average Bonchev–Trinajstić information content (AvgIpc) is 1.88. The van der Waals surface area contributed by atoms with Crippen LogP contribution in [0.25, 0.3) is 0 Å². The Labute approximate surface area is 84.5 Å². The van der Waals surface area contributed by atoms with Crippen LogP contribution >= 0.6 is 0 Å². The number of rotatable bonds is 1. The molecule has 0 aliphatic carbocycles. The molecule has 0 unspecified atom stereocenters. The minimum absolute atomic E-state index is 0. The van der Waals surface area contributed by atoms with Crippen LogP contribution in [0, 0.1) is 11.9 Å². The maximum atomic E-state index is 12.2. The van der Waals surface area contributed by atoms with Gasteiger partial charge >= 0.3 is 0 Å². The Kier molecular flexibility index (Phi) is 4.83. The Morgan fingerprint density at radius 1 is 1.50 bits per heavy atom. The van der Waals surface area contributed by atoms with Crippen LogP contribution < -0.4 is 4.74 Å². The Hall–Kier alpha value is 0.0539. The smallest absolute Gasteiger partial charge is 0.0743 e. The van der Waals surface area contributed by atoms with Crippen LogP contribution in [-0.2, 0) is 32.7 Å². The second-order valence-electron chi connectivity index (χ2n) is 1.57. The summed E-state index contributed by atoms with van der Waals surface area (Å²) < 4.78 is 16.9. The molecule has 1 nitrogen and oxygen atoms in total. The van der Waals surface area contributed by atoms with Gasteiger partial charge in [-0.3, -0.25) is 0 Å². The molecular weight excluding hydrogens is 208 g/mol. The van der Waals surface area contributed by atoms with Crippen molar-refractivity contribution >= 4 is 0 Å². The van der Waals surface area contributed by atoms with E-state index in [0.717, 1.165) is 0 Å². The summed E-state index contributed by atoms with van der Waals surface area (Å²) in [7, 11) is 1.48. The molecule has 0 aliphatic heterocycles. The molecule has 1 rings (SSSR count). The van der Waals surface area contributed by atoms with Gasteiger partial charge in [0.2, 0.25) is 0 Å². The maximum absolute atomic E-state index is 12.2. The van der Waals surface area contributed by atoms with E-state index in [4.69, 9.17) is 4.74 Å². The molecular formula is C7H6FOY-. The largest absolute Gasteiger partial charge is 0.523 e. The predicted octanol–water partition coefficient (Wildman–Crippen LogP) is 1.63. The van der Waals surface area contributed by atoms with Gasteiger partial charge < -0.3 is 4.74 Å². The van der Waals surface area contributed by atoms with Gasteiger partial charge in [0.15, 0.2) is 0 Å². The number of benzene rings is 1. The van der Waals surface area contributed by atoms with Crippen LogP contribution in [0.4, 0.5) is 4.39 Å². The van der Waals surface area contributed by atoms with Crippen molar-refractivity contribution in [2.45, 2.75) is 0 Å². The molecule has 0 saturated carbocycles. The molecule has 0 spiro atoms. The van der Waals surface area contributed by atoms with Crippen LogP contribution in [0.5, 0.6) is 5.75 Å². The summed E-state index contributed by atoms with van der Waals surface area (Å²) in [6.07, 6.45) is 0. The summed E-state index contributed by atoms with van der Waals surface area (Å²) >= 11 is 0. The topological polar surface area (TPSA) is 9.23 Å². The van der Waals surface area contributed by atoms with E-state index in [2.05, 4.69) is 6.07 Å². The van der Waals surface area contributed by atoms with E-state index < -0.39 is 5.82 Å². The van der Waals surface area contributed by atoms with Crippen molar-refractivity contribution in [2.75, 3.05) is 7.11 Å². The number of hydrogen-bond acceptors (Lipinski definition) is 1.